The zero-order valence-corrected chi connectivity index (χ0v) is 19.9. The van der Waals surface area contributed by atoms with Crippen molar-refractivity contribution in [3.63, 3.8) is 0 Å². The molecule has 170 valence electrons. The van der Waals surface area contributed by atoms with Gasteiger partial charge >= 0.3 is 5.97 Å². The highest BCUT2D eigenvalue weighted by molar-refractivity contribution is 7.17. The highest BCUT2D eigenvalue weighted by Crippen LogP contribution is 2.38. The summed E-state index contributed by atoms with van der Waals surface area (Å²) >= 11 is 7.61. The van der Waals surface area contributed by atoms with Gasteiger partial charge in [0.25, 0.3) is 0 Å². The summed E-state index contributed by atoms with van der Waals surface area (Å²) in [5, 5.41) is 4.00. The van der Waals surface area contributed by atoms with Crippen molar-refractivity contribution in [3.05, 3.63) is 92.8 Å². The zero-order valence-electron chi connectivity index (χ0n) is 18.3. The molecule has 33 heavy (non-hydrogen) atoms. The van der Waals surface area contributed by atoms with Crippen molar-refractivity contribution in [3.8, 4) is 0 Å². The number of nitrogens with zero attached hydrogens (tertiary/aromatic N) is 1. The molecule has 1 aliphatic heterocycles. The molecule has 0 unspecified atom stereocenters. The minimum Gasteiger partial charge on any atom is -0.462 e. The Morgan fingerprint density at radius 3 is 2.67 bits per heavy atom. The summed E-state index contributed by atoms with van der Waals surface area (Å²) in [4.78, 5) is 28.9. The Hall–Kier alpha value is -2.93. The summed E-state index contributed by atoms with van der Waals surface area (Å²) in [6, 6.07) is 17.6. The maximum absolute atomic E-state index is 12.8. The number of thiophene rings is 1. The molecule has 5 nitrogen and oxygen atoms in total. The molecule has 3 aromatic rings. The fraction of sp³-hybridized carbons (Fsp3) is 0.231. The molecule has 0 atom stereocenters. The molecule has 0 saturated carbocycles. The van der Waals surface area contributed by atoms with Gasteiger partial charge in [-0.15, -0.1) is 11.3 Å². The molecular formula is C26H25ClN2O3S. The molecule has 2 heterocycles. The molecule has 2 aromatic carbocycles. The summed E-state index contributed by atoms with van der Waals surface area (Å²) in [5.74, 6) is -0.711. The topological polar surface area (TPSA) is 58.6 Å². The van der Waals surface area contributed by atoms with Crippen LogP contribution in [0.25, 0.3) is 6.08 Å². The quantitative estimate of drug-likeness (QED) is 0.343. The largest absolute Gasteiger partial charge is 0.462 e. The van der Waals surface area contributed by atoms with Crippen molar-refractivity contribution in [1.82, 2.24) is 4.90 Å². The number of amides is 1. The average Bonchev–Trinajstić information content (AvgIpc) is 3.16. The van der Waals surface area contributed by atoms with Gasteiger partial charge in [-0.2, -0.15) is 0 Å². The van der Waals surface area contributed by atoms with Crippen molar-refractivity contribution in [2.75, 3.05) is 18.5 Å². The van der Waals surface area contributed by atoms with Crippen LogP contribution in [0.2, 0.25) is 5.02 Å². The molecular weight excluding hydrogens is 456 g/mol. The van der Waals surface area contributed by atoms with Gasteiger partial charge in [0.2, 0.25) is 5.91 Å². The van der Waals surface area contributed by atoms with E-state index in [1.54, 1.807) is 19.1 Å². The van der Waals surface area contributed by atoms with Crippen molar-refractivity contribution in [2.24, 2.45) is 0 Å². The summed E-state index contributed by atoms with van der Waals surface area (Å²) in [6.07, 6.45) is 3.82. The number of carbonyl (C=O) groups excluding carboxylic acids is 2. The molecule has 1 aliphatic rings. The lowest BCUT2D eigenvalue weighted by Gasteiger charge is -2.27. The number of esters is 1. The predicted octanol–water partition coefficient (Wildman–Crippen LogP) is 5.79. The number of anilines is 1. The molecule has 1 amide bonds. The SMILES string of the molecule is CCOC(=O)c1c(NC(=O)C=Cc2ccccc2Cl)sc2c1CCN(Cc1ccccc1)C2. The lowest BCUT2D eigenvalue weighted by molar-refractivity contribution is -0.111. The van der Waals surface area contributed by atoms with Crippen molar-refractivity contribution >= 4 is 45.9 Å². The normalized spacial score (nSPS) is 13.6. The Balaban J connectivity index is 1.54. The minimum atomic E-state index is -0.392. The smallest absolute Gasteiger partial charge is 0.341 e. The van der Waals surface area contributed by atoms with Crippen LogP contribution in [0.4, 0.5) is 5.00 Å². The molecule has 7 heteroatoms. The average molecular weight is 481 g/mol. The second-order valence-corrected chi connectivity index (χ2v) is 9.23. The van der Waals surface area contributed by atoms with Crippen molar-refractivity contribution in [1.29, 1.82) is 0 Å². The molecule has 0 spiro atoms. The van der Waals surface area contributed by atoms with Crippen LogP contribution >= 0.6 is 22.9 Å². The van der Waals surface area contributed by atoms with E-state index in [9.17, 15) is 9.59 Å². The Labute approximate surface area is 202 Å². The van der Waals surface area contributed by atoms with Gasteiger partial charge in [-0.1, -0.05) is 60.1 Å². The Morgan fingerprint density at radius 1 is 1.15 bits per heavy atom. The van der Waals surface area contributed by atoms with Gasteiger partial charge in [0.15, 0.2) is 0 Å². The van der Waals surface area contributed by atoms with E-state index >= 15 is 0 Å². The summed E-state index contributed by atoms with van der Waals surface area (Å²) < 4.78 is 5.31. The number of rotatable bonds is 7. The molecule has 0 bridgehead atoms. The van der Waals surface area contributed by atoms with E-state index in [0.717, 1.165) is 42.1 Å². The van der Waals surface area contributed by atoms with Crippen LogP contribution in [-0.4, -0.2) is 29.9 Å². The van der Waals surface area contributed by atoms with Gasteiger partial charge in [-0.25, -0.2) is 4.79 Å². The summed E-state index contributed by atoms with van der Waals surface area (Å²) in [6.45, 7) is 4.47. The second-order valence-electron chi connectivity index (χ2n) is 7.72. The Morgan fingerprint density at radius 2 is 1.91 bits per heavy atom. The Kier molecular flexibility index (Phi) is 7.60. The van der Waals surface area contributed by atoms with Crippen LogP contribution in [0.3, 0.4) is 0 Å². The third-order valence-electron chi connectivity index (χ3n) is 5.42. The van der Waals surface area contributed by atoms with Gasteiger partial charge in [0.05, 0.1) is 12.2 Å². The van der Waals surface area contributed by atoms with Gasteiger partial charge in [-0.3, -0.25) is 9.69 Å². The molecule has 0 aliphatic carbocycles. The van der Waals surface area contributed by atoms with Gasteiger partial charge in [0, 0.05) is 35.6 Å². The first kappa shape index (κ1) is 23.2. The van der Waals surface area contributed by atoms with E-state index in [-0.39, 0.29) is 12.5 Å². The minimum absolute atomic E-state index is 0.281. The highest BCUT2D eigenvalue weighted by Gasteiger charge is 2.29. The number of carbonyl (C=O) groups is 2. The predicted molar refractivity (Wildman–Crippen MR) is 134 cm³/mol. The first-order chi connectivity index (χ1) is 16.0. The first-order valence-electron chi connectivity index (χ1n) is 10.9. The monoisotopic (exact) mass is 480 g/mol. The molecule has 0 fully saturated rings. The summed E-state index contributed by atoms with van der Waals surface area (Å²) in [7, 11) is 0. The van der Waals surface area contributed by atoms with Gasteiger partial charge in [-0.05, 0) is 42.2 Å². The third-order valence-corrected chi connectivity index (χ3v) is 6.90. The molecule has 0 saturated heterocycles. The first-order valence-corrected chi connectivity index (χ1v) is 12.1. The molecule has 4 rings (SSSR count). The fourth-order valence-electron chi connectivity index (χ4n) is 3.87. The van der Waals surface area contributed by atoms with Crippen LogP contribution in [0.1, 0.15) is 38.8 Å². The Bertz CT molecular complexity index is 1170. The standard InChI is InChI=1S/C26H25ClN2O3S/c1-2-32-26(31)24-20-14-15-29(16-18-8-4-3-5-9-18)17-22(20)33-25(24)28-23(30)13-12-19-10-6-7-11-21(19)27/h3-13H,2,14-17H2,1H3,(H,28,30). The van der Waals surface area contributed by atoms with E-state index in [4.69, 9.17) is 16.3 Å². The number of halogens is 1. The van der Waals surface area contributed by atoms with Crippen molar-refractivity contribution < 1.29 is 14.3 Å². The highest BCUT2D eigenvalue weighted by atomic mass is 35.5. The van der Waals surface area contributed by atoms with Crippen molar-refractivity contribution in [2.45, 2.75) is 26.4 Å². The van der Waals surface area contributed by atoms with E-state index < -0.39 is 5.97 Å². The number of hydrogen-bond donors (Lipinski definition) is 1. The van der Waals surface area contributed by atoms with E-state index in [2.05, 4.69) is 22.3 Å². The lowest BCUT2D eigenvalue weighted by Crippen LogP contribution is -2.29. The second kappa shape index (κ2) is 10.8. The maximum atomic E-state index is 12.8. The van der Waals surface area contributed by atoms with Crippen LogP contribution in [0, 0.1) is 0 Å². The number of benzene rings is 2. The lowest BCUT2D eigenvalue weighted by atomic mass is 10.0. The van der Waals surface area contributed by atoms with Crippen LogP contribution in [0.15, 0.2) is 60.7 Å². The number of nitrogens with one attached hydrogen (secondary N) is 1. The molecule has 1 aromatic heterocycles. The zero-order chi connectivity index (χ0) is 23.2. The van der Waals surface area contributed by atoms with Gasteiger partial charge in [0.1, 0.15) is 5.00 Å². The van der Waals surface area contributed by atoms with Crippen LogP contribution in [-0.2, 0) is 29.0 Å². The van der Waals surface area contributed by atoms with E-state index in [1.807, 2.05) is 36.4 Å². The summed E-state index contributed by atoms with van der Waals surface area (Å²) in [5.41, 5.74) is 3.46. The molecule has 0 radical (unpaired) electrons. The van der Waals surface area contributed by atoms with Crippen LogP contribution in [0.5, 0.6) is 0 Å². The van der Waals surface area contributed by atoms with Gasteiger partial charge < -0.3 is 10.1 Å². The van der Waals surface area contributed by atoms with E-state index in [1.165, 1.54) is 23.0 Å². The number of ether oxygens (including phenoxy) is 1. The number of hydrogen-bond acceptors (Lipinski definition) is 5. The van der Waals surface area contributed by atoms with E-state index in [0.29, 0.717) is 15.6 Å². The number of fused-ring (bicyclic) bond motifs is 1. The molecule has 1 N–H and O–H groups in total. The fourth-order valence-corrected chi connectivity index (χ4v) is 5.35. The third kappa shape index (κ3) is 5.71. The van der Waals surface area contributed by atoms with Crippen LogP contribution < -0.4 is 5.32 Å². The maximum Gasteiger partial charge on any atom is 0.341 e.